The Bertz CT molecular complexity index is 1590. The number of rotatable bonds is 11. The fraction of sp³-hybridized carbons (Fsp3) is 0.306. The van der Waals surface area contributed by atoms with Crippen molar-refractivity contribution in [2.24, 2.45) is 11.8 Å². The second-order valence-corrected chi connectivity index (χ2v) is 11.4. The van der Waals surface area contributed by atoms with E-state index in [0.717, 1.165) is 65.3 Å². The van der Waals surface area contributed by atoms with Gasteiger partial charge in [0.15, 0.2) is 5.76 Å². The highest BCUT2D eigenvalue weighted by Gasteiger charge is 2.32. The standard InChI is InChI=1S/C36H37F2N3O2/c1-3-4-17-41-32(34(27-11-7-5-8-12-27)39-36(41)28-13-9-6-10-14-28)23-40(21-26-18-30(37)20-31(38)19-26)22-29-15-16-33-35(25(29)2)43-24-42-33/h5-16,18-20,25,29H,3-4,17,21-24H2,1-2H3. The maximum atomic E-state index is 14.3. The summed E-state index contributed by atoms with van der Waals surface area (Å²) in [6.45, 7) is 6.97. The number of ether oxygens (including phenoxy) is 2. The minimum atomic E-state index is -0.573. The van der Waals surface area contributed by atoms with Crippen molar-refractivity contribution >= 4 is 0 Å². The Kier molecular flexibility index (Phi) is 8.70. The van der Waals surface area contributed by atoms with Gasteiger partial charge in [-0.25, -0.2) is 13.8 Å². The molecule has 0 saturated heterocycles. The Morgan fingerprint density at radius 1 is 0.907 bits per heavy atom. The lowest BCUT2D eigenvalue weighted by Gasteiger charge is -2.31. The van der Waals surface area contributed by atoms with E-state index >= 15 is 0 Å². The monoisotopic (exact) mass is 581 g/mol. The highest BCUT2D eigenvalue weighted by atomic mass is 19.1. The summed E-state index contributed by atoms with van der Waals surface area (Å²) in [4.78, 5) is 7.54. The van der Waals surface area contributed by atoms with Crippen LogP contribution >= 0.6 is 0 Å². The van der Waals surface area contributed by atoms with Crippen LogP contribution in [0.4, 0.5) is 8.78 Å². The highest BCUT2D eigenvalue weighted by Crippen LogP contribution is 2.36. The van der Waals surface area contributed by atoms with Gasteiger partial charge in [0, 0.05) is 49.3 Å². The van der Waals surface area contributed by atoms with Crippen LogP contribution in [0.3, 0.4) is 0 Å². The van der Waals surface area contributed by atoms with Gasteiger partial charge in [-0.05, 0) is 36.1 Å². The van der Waals surface area contributed by atoms with Gasteiger partial charge in [0.1, 0.15) is 23.2 Å². The van der Waals surface area contributed by atoms with Crippen LogP contribution in [0.15, 0.2) is 103 Å². The minimum Gasteiger partial charge on any atom is -0.458 e. The molecule has 5 nitrogen and oxygen atoms in total. The molecule has 6 rings (SSSR count). The second-order valence-electron chi connectivity index (χ2n) is 11.4. The topological polar surface area (TPSA) is 39.5 Å². The van der Waals surface area contributed by atoms with Crippen molar-refractivity contribution < 1.29 is 18.3 Å². The van der Waals surface area contributed by atoms with E-state index in [-0.39, 0.29) is 18.6 Å². The van der Waals surface area contributed by atoms with Crippen LogP contribution in [-0.2, 0) is 29.1 Å². The van der Waals surface area contributed by atoms with Gasteiger partial charge in [-0.2, -0.15) is 0 Å². The Labute approximate surface area is 252 Å². The predicted octanol–water partition coefficient (Wildman–Crippen LogP) is 8.34. The van der Waals surface area contributed by atoms with E-state index < -0.39 is 11.6 Å². The first-order chi connectivity index (χ1) is 21.0. The zero-order chi connectivity index (χ0) is 29.8. The van der Waals surface area contributed by atoms with Crippen molar-refractivity contribution in [1.29, 1.82) is 0 Å². The molecule has 0 fully saturated rings. The smallest absolute Gasteiger partial charge is 0.230 e. The van der Waals surface area contributed by atoms with E-state index in [0.29, 0.717) is 25.2 Å². The summed E-state index contributed by atoms with van der Waals surface area (Å²) >= 11 is 0. The lowest BCUT2D eigenvalue weighted by molar-refractivity contribution is 0.0633. The normalized spacial score (nSPS) is 17.7. The van der Waals surface area contributed by atoms with E-state index in [2.05, 4.69) is 53.7 Å². The fourth-order valence-electron chi connectivity index (χ4n) is 6.07. The van der Waals surface area contributed by atoms with Crippen molar-refractivity contribution in [3.63, 3.8) is 0 Å². The lowest BCUT2D eigenvalue weighted by Crippen LogP contribution is -2.33. The number of hydrogen-bond donors (Lipinski definition) is 0. The van der Waals surface area contributed by atoms with Gasteiger partial charge in [-0.3, -0.25) is 4.90 Å². The molecule has 0 bridgehead atoms. The Morgan fingerprint density at radius 3 is 2.30 bits per heavy atom. The molecule has 3 aromatic carbocycles. The summed E-state index contributed by atoms with van der Waals surface area (Å²) in [5.74, 6) is 1.67. The minimum absolute atomic E-state index is 0.104. The number of allylic oxidation sites excluding steroid dienone is 2. The maximum Gasteiger partial charge on any atom is 0.230 e. The number of unbranched alkanes of at least 4 members (excludes halogenated alkanes) is 1. The molecule has 2 atom stereocenters. The van der Waals surface area contributed by atoms with Gasteiger partial charge >= 0.3 is 0 Å². The van der Waals surface area contributed by atoms with Crippen molar-refractivity contribution in [1.82, 2.24) is 14.5 Å². The van der Waals surface area contributed by atoms with E-state index in [1.807, 2.05) is 42.5 Å². The van der Waals surface area contributed by atoms with Gasteiger partial charge in [0.05, 0.1) is 11.4 Å². The number of imidazole rings is 1. The molecular formula is C36H37F2N3O2. The summed E-state index contributed by atoms with van der Waals surface area (Å²) in [7, 11) is 0. The average molecular weight is 582 g/mol. The molecule has 2 aliphatic rings. The van der Waals surface area contributed by atoms with Crippen molar-refractivity contribution in [3.05, 3.63) is 125 Å². The molecule has 0 spiro atoms. The number of hydrogen-bond acceptors (Lipinski definition) is 4. The lowest BCUT2D eigenvalue weighted by atomic mass is 9.87. The zero-order valence-corrected chi connectivity index (χ0v) is 24.7. The molecule has 0 N–H and O–H groups in total. The van der Waals surface area contributed by atoms with Crippen LogP contribution in [0.25, 0.3) is 22.6 Å². The van der Waals surface area contributed by atoms with Crippen molar-refractivity contribution in [2.75, 3.05) is 13.3 Å². The number of benzene rings is 3. The first-order valence-electron chi connectivity index (χ1n) is 15.1. The molecule has 2 unspecified atom stereocenters. The highest BCUT2D eigenvalue weighted by molar-refractivity contribution is 5.68. The molecule has 7 heteroatoms. The molecule has 2 heterocycles. The van der Waals surface area contributed by atoms with Crippen LogP contribution in [0.1, 0.15) is 37.9 Å². The summed E-state index contributed by atoms with van der Waals surface area (Å²) in [5, 5.41) is 0. The fourth-order valence-corrected chi connectivity index (χ4v) is 6.07. The molecule has 1 aliphatic carbocycles. The maximum absolute atomic E-state index is 14.3. The van der Waals surface area contributed by atoms with Crippen LogP contribution in [0, 0.1) is 23.5 Å². The first kappa shape index (κ1) is 28.9. The van der Waals surface area contributed by atoms with Crippen molar-refractivity contribution in [3.8, 4) is 22.6 Å². The Hall–Kier alpha value is -4.23. The van der Waals surface area contributed by atoms with Gasteiger partial charge in [0.2, 0.25) is 6.79 Å². The molecule has 222 valence electrons. The van der Waals surface area contributed by atoms with E-state index in [1.54, 1.807) is 0 Å². The third-order valence-corrected chi connectivity index (χ3v) is 8.28. The Morgan fingerprint density at radius 2 is 1.60 bits per heavy atom. The molecule has 0 amide bonds. The number of nitrogens with zero attached hydrogens (tertiary/aromatic N) is 3. The first-order valence-corrected chi connectivity index (χ1v) is 15.1. The summed E-state index contributed by atoms with van der Waals surface area (Å²) in [6.07, 6.45) is 6.20. The molecule has 4 aromatic rings. The van der Waals surface area contributed by atoms with Gasteiger partial charge in [-0.1, -0.05) is 87.0 Å². The van der Waals surface area contributed by atoms with Crippen LogP contribution in [0.2, 0.25) is 0 Å². The molecular weight excluding hydrogens is 544 g/mol. The quantitative estimate of drug-likeness (QED) is 0.179. The molecule has 0 saturated carbocycles. The van der Waals surface area contributed by atoms with Crippen molar-refractivity contribution in [2.45, 2.75) is 46.3 Å². The molecule has 43 heavy (non-hydrogen) atoms. The van der Waals surface area contributed by atoms with Crippen LogP contribution in [0.5, 0.6) is 0 Å². The van der Waals surface area contributed by atoms with E-state index in [9.17, 15) is 8.78 Å². The van der Waals surface area contributed by atoms with Gasteiger partial charge in [0.25, 0.3) is 0 Å². The Balaban J connectivity index is 1.43. The van der Waals surface area contributed by atoms with Crippen LogP contribution < -0.4 is 0 Å². The third kappa shape index (κ3) is 6.42. The molecule has 1 aliphatic heterocycles. The summed E-state index contributed by atoms with van der Waals surface area (Å²) < 4.78 is 42.4. The van der Waals surface area contributed by atoms with Crippen LogP contribution in [-0.4, -0.2) is 27.8 Å². The molecule has 1 aromatic heterocycles. The molecule has 0 radical (unpaired) electrons. The number of aromatic nitrogens is 2. The average Bonchev–Trinajstić information content (AvgIpc) is 3.63. The predicted molar refractivity (Wildman–Crippen MR) is 164 cm³/mol. The largest absolute Gasteiger partial charge is 0.458 e. The summed E-state index contributed by atoms with van der Waals surface area (Å²) in [6, 6.07) is 24.3. The van der Waals surface area contributed by atoms with E-state index in [4.69, 9.17) is 14.5 Å². The van der Waals surface area contributed by atoms with Gasteiger partial charge in [-0.15, -0.1) is 0 Å². The van der Waals surface area contributed by atoms with Gasteiger partial charge < -0.3 is 14.0 Å². The van der Waals surface area contributed by atoms with E-state index in [1.165, 1.54) is 12.1 Å². The second kappa shape index (κ2) is 13.0. The SMILES string of the molecule is CCCCn1c(-c2ccccc2)nc(-c2ccccc2)c1CN(Cc1cc(F)cc(F)c1)CC1C=CC2=C(OCO2)C1C. The third-order valence-electron chi connectivity index (χ3n) is 8.28. The summed E-state index contributed by atoms with van der Waals surface area (Å²) in [5.41, 5.74) is 4.70. The number of halogens is 2. The zero-order valence-electron chi connectivity index (χ0n) is 24.7.